The first kappa shape index (κ1) is 9.47. The fourth-order valence-corrected chi connectivity index (χ4v) is 1.48. The predicted molar refractivity (Wildman–Crippen MR) is 58.1 cm³/mol. The van der Waals surface area contributed by atoms with Crippen molar-refractivity contribution in [2.75, 3.05) is 0 Å². The van der Waals surface area contributed by atoms with Gasteiger partial charge < -0.3 is 4.98 Å². The number of aromatic amines is 1. The summed E-state index contributed by atoms with van der Waals surface area (Å²) in [6.07, 6.45) is 2.76. The summed E-state index contributed by atoms with van der Waals surface area (Å²) in [6, 6.07) is 10.2. The molecule has 0 bridgehead atoms. The van der Waals surface area contributed by atoms with Gasteiger partial charge in [0.2, 0.25) is 5.82 Å². The van der Waals surface area contributed by atoms with E-state index in [4.69, 9.17) is 5.26 Å². The van der Waals surface area contributed by atoms with E-state index >= 15 is 0 Å². The molecule has 0 saturated carbocycles. The maximum Gasteiger partial charge on any atom is 0.210 e. The van der Waals surface area contributed by atoms with Gasteiger partial charge in [-0.2, -0.15) is 5.26 Å². The van der Waals surface area contributed by atoms with Gasteiger partial charge in [0.05, 0.1) is 5.69 Å². The molecule has 0 saturated heterocycles. The monoisotopic (exact) mass is 197 g/mol. The van der Waals surface area contributed by atoms with Crippen LogP contribution in [-0.4, -0.2) is 9.97 Å². The Labute approximate surface area is 88.4 Å². The Morgan fingerprint density at radius 2 is 2.33 bits per heavy atom. The number of imidazole rings is 1. The summed E-state index contributed by atoms with van der Waals surface area (Å²) < 4.78 is 0. The fourth-order valence-electron chi connectivity index (χ4n) is 1.48. The van der Waals surface area contributed by atoms with Crippen molar-refractivity contribution in [3.8, 4) is 17.3 Å². The van der Waals surface area contributed by atoms with E-state index < -0.39 is 0 Å². The van der Waals surface area contributed by atoms with E-state index in [9.17, 15) is 0 Å². The Kier molecular flexibility index (Phi) is 2.51. The Hall–Kier alpha value is -2.08. The van der Waals surface area contributed by atoms with Crippen molar-refractivity contribution in [1.82, 2.24) is 9.97 Å². The molecule has 3 heteroatoms. The zero-order valence-electron chi connectivity index (χ0n) is 8.49. The number of aromatic nitrogens is 2. The van der Waals surface area contributed by atoms with Crippen molar-refractivity contribution in [2.45, 2.75) is 13.3 Å². The third kappa shape index (κ3) is 1.89. The molecular weight excluding hydrogens is 186 g/mol. The maximum absolute atomic E-state index is 8.65. The Bertz CT molecular complexity index is 506. The number of nitrogens with one attached hydrogen (secondary N) is 1. The molecule has 1 heterocycles. The van der Waals surface area contributed by atoms with E-state index in [0.717, 1.165) is 17.7 Å². The van der Waals surface area contributed by atoms with E-state index in [1.165, 1.54) is 5.56 Å². The van der Waals surface area contributed by atoms with Crippen molar-refractivity contribution >= 4 is 0 Å². The van der Waals surface area contributed by atoms with Gasteiger partial charge in [-0.3, -0.25) is 0 Å². The van der Waals surface area contributed by atoms with Crippen LogP contribution in [0.4, 0.5) is 0 Å². The van der Waals surface area contributed by atoms with Crippen LogP contribution in [0.1, 0.15) is 18.3 Å². The molecule has 74 valence electrons. The van der Waals surface area contributed by atoms with Crippen molar-refractivity contribution in [3.63, 3.8) is 0 Å². The van der Waals surface area contributed by atoms with Crippen molar-refractivity contribution in [1.29, 1.82) is 5.26 Å². The molecule has 0 unspecified atom stereocenters. The SMILES string of the molecule is CCc1cccc(-c2c[nH]c(C#N)n2)c1. The van der Waals surface area contributed by atoms with Crippen LogP contribution in [-0.2, 0) is 6.42 Å². The lowest BCUT2D eigenvalue weighted by Crippen LogP contribution is -1.83. The molecule has 0 aliphatic rings. The molecule has 0 spiro atoms. The van der Waals surface area contributed by atoms with Gasteiger partial charge in [0.25, 0.3) is 0 Å². The number of nitrogens with zero attached hydrogens (tertiary/aromatic N) is 2. The highest BCUT2D eigenvalue weighted by molar-refractivity contribution is 5.59. The van der Waals surface area contributed by atoms with Crippen molar-refractivity contribution < 1.29 is 0 Å². The largest absolute Gasteiger partial charge is 0.336 e. The van der Waals surface area contributed by atoms with Crippen LogP contribution in [0.25, 0.3) is 11.3 Å². The van der Waals surface area contributed by atoms with E-state index in [1.54, 1.807) is 6.20 Å². The summed E-state index contributed by atoms with van der Waals surface area (Å²) in [7, 11) is 0. The van der Waals surface area contributed by atoms with Crippen LogP contribution in [0, 0.1) is 11.3 Å². The Morgan fingerprint density at radius 3 is 3.00 bits per heavy atom. The van der Waals surface area contributed by atoms with Gasteiger partial charge in [-0.1, -0.05) is 25.1 Å². The lowest BCUT2D eigenvalue weighted by Gasteiger charge is -1.99. The minimum absolute atomic E-state index is 0.354. The number of aryl methyl sites for hydroxylation is 1. The summed E-state index contributed by atoms with van der Waals surface area (Å²) >= 11 is 0. The summed E-state index contributed by atoms with van der Waals surface area (Å²) in [5, 5.41) is 8.65. The van der Waals surface area contributed by atoms with E-state index in [-0.39, 0.29) is 0 Å². The van der Waals surface area contributed by atoms with Crippen molar-refractivity contribution in [3.05, 3.63) is 41.9 Å². The molecule has 2 rings (SSSR count). The fraction of sp³-hybridized carbons (Fsp3) is 0.167. The third-order valence-corrected chi connectivity index (χ3v) is 2.31. The second-order valence-electron chi connectivity index (χ2n) is 3.30. The first-order valence-electron chi connectivity index (χ1n) is 4.88. The molecule has 0 aliphatic carbocycles. The van der Waals surface area contributed by atoms with Crippen LogP contribution in [0.3, 0.4) is 0 Å². The first-order valence-corrected chi connectivity index (χ1v) is 4.88. The molecule has 1 aromatic carbocycles. The quantitative estimate of drug-likeness (QED) is 0.804. The van der Waals surface area contributed by atoms with Gasteiger partial charge in [0.1, 0.15) is 6.07 Å². The molecule has 1 N–H and O–H groups in total. The highest BCUT2D eigenvalue weighted by atomic mass is 14.9. The van der Waals surface area contributed by atoms with Crippen LogP contribution in [0.2, 0.25) is 0 Å². The molecule has 0 radical (unpaired) electrons. The van der Waals surface area contributed by atoms with Gasteiger partial charge >= 0.3 is 0 Å². The highest BCUT2D eigenvalue weighted by Crippen LogP contribution is 2.18. The molecule has 3 nitrogen and oxygen atoms in total. The number of benzene rings is 1. The zero-order valence-corrected chi connectivity index (χ0v) is 8.49. The second kappa shape index (κ2) is 3.97. The van der Waals surface area contributed by atoms with Gasteiger partial charge in [-0.15, -0.1) is 0 Å². The Morgan fingerprint density at radius 1 is 1.47 bits per heavy atom. The van der Waals surface area contributed by atoms with E-state index in [1.807, 2.05) is 18.2 Å². The van der Waals surface area contributed by atoms with Gasteiger partial charge in [0.15, 0.2) is 0 Å². The lowest BCUT2D eigenvalue weighted by atomic mass is 10.1. The molecule has 15 heavy (non-hydrogen) atoms. The molecule has 0 amide bonds. The van der Waals surface area contributed by atoms with E-state index in [2.05, 4.69) is 29.0 Å². The number of rotatable bonds is 2. The second-order valence-corrected chi connectivity index (χ2v) is 3.30. The van der Waals surface area contributed by atoms with Gasteiger partial charge in [0, 0.05) is 11.8 Å². The number of hydrogen-bond donors (Lipinski definition) is 1. The average Bonchev–Trinajstić information content (AvgIpc) is 2.78. The lowest BCUT2D eigenvalue weighted by molar-refractivity contribution is 1.14. The summed E-state index contributed by atoms with van der Waals surface area (Å²) in [6.45, 7) is 2.12. The number of H-pyrrole nitrogens is 1. The predicted octanol–water partition coefficient (Wildman–Crippen LogP) is 2.51. The van der Waals surface area contributed by atoms with Crippen LogP contribution < -0.4 is 0 Å². The third-order valence-electron chi connectivity index (χ3n) is 2.31. The summed E-state index contributed by atoms with van der Waals surface area (Å²) in [4.78, 5) is 6.98. The summed E-state index contributed by atoms with van der Waals surface area (Å²) in [5.41, 5.74) is 3.14. The van der Waals surface area contributed by atoms with Crippen LogP contribution in [0.5, 0.6) is 0 Å². The standard InChI is InChI=1S/C12H11N3/c1-2-9-4-3-5-10(6-9)11-8-14-12(7-13)15-11/h3-6,8H,2H2,1H3,(H,14,15). The highest BCUT2D eigenvalue weighted by Gasteiger charge is 2.03. The summed E-state index contributed by atoms with van der Waals surface area (Å²) in [5.74, 6) is 0.354. The van der Waals surface area contributed by atoms with Gasteiger partial charge in [-0.25, -0.2) is 4.98 Å². The normalized spacial score (nSPS) is 9.87. The van der Waals surface area contributed by atoms with E-state index in [0.29, 0.717) is 5.82 Å². The van der Waals surface area contributed by atoms with Crippen molar-refractivity contribution in [2.24, 2.45) is 0 Å². The maximum atomic E-state index is 8.65. The van der Waals surface area contributed by atoms with Gasteiger partial charge in [-0.05, 0) is 18.1 Å². The minimum atomic E-state index is 0.354. The minimum Gasteiger partial charge on any atom is -0.336 e. The number of nitriles is 1. The van der Waals surface area contributed by atoms with Crippen LogP contribution >= 0.6 is 0 Å². The Balaban J connectivity index is 2.41. The molecule has 1 aromatic heterocycles. The molecule has 0 fully saturated rings. The molecular formula is C12H11N3. The first-order chi connectivity index (χ1) is 7.33. The molecule has 0 aliphatic heterocycles. The molecule has 2 aromatic rings. The topological polar surface area (TPSA) is 52.5 Å². The number of hydrogen-bond acceptors (Lipinski definition) is 2. The molecule has 0 atom stereocenters. The zero-order chi connectivity index (χ0) is 10.7. The van der Waals surface area contributed by atoms with Crippen LogP contribution in [0.15, 0.2) is 30.5 Å². The average molecular weight is 197 g/mol. The smallest absolute Gasteiger partial charge is 0.210 e.